The lowest BCUT2D eigenvalue weighted by Gasteiger charge is -2.11. The highest BCUT2D eigenvalue weighted by atomic mass is 16.1. The molecule has 0 saturated heterocycles. The van der Waals surface area contributed by atoms with Gasteiger partial charge < -0.3 is 5.73 Å². The molecule has 0 bridgehead atoms. The average Bonchev–Trinajstić information content (AvgIpc) is 2.97. The largest absolute Gasteiger partial charge is 0.383 e. The molecule has 0 unspecified atom stereocenters. The van der Waals surface area contributed by atoms with Gasteiger partial charge in [-0.2, -0.15) is 4.98 Å². The Labute approximate surface area is 139 Å². The van der Waals surface area contributed by atoms with Gasteiger partial charge in [-0.05, 0) is 19.4 Å². The van der Waals surface area contributed by atoms with Crippen LogP contribution in [-0.4, -0.2) is 24.5 Å². The Kier molecular flexibility index (Phi) is 4.41. The van der Waals surface area contributed by atoms with E-state index >= 15 is 0 Å². The Balaban J connectivity index is 1.80. The van der Waals surface area contributed by atoms with Crippen LogP contribution in [-0.2, 0) is 13.0 Å². The fraction of sp³-hybridized carbons (Fsp3) is 0.294. The van der Waals surface area contributed by atoms with Crippen LogP contribution < -0.4 is 11.4 Å². The van der Waals surface area contributed by atoms with Crippen molar-refractivity contribution in [1.82, 2.24) is 24.5 Å². The molecule has 0 fully saturated rings. The van der Waals surface area contributed by atoms with Crippen molar-refractivity contribution >= 4 is 5.82 Å². The molecule has 7 heteroatoms. The fourth-order valence-electron chi connectivity index (χ4n) is 2.49. The van der Waals surface area contributed by atoms with Crippen molar-refractivity contribution in [3.05, 3.63) is 70.0 Å². The summed E-state index contributed by atoms with van der Waals surface area (Å²) >= 11 is 0. The lowest BCUT2D eigenvalue weighted by molar-refractivity contribution is 0.561. The number of rotatable bonds is 5. The minimum atomic E-state index is -0.334. The van der Waals surface area contributed by atoms with Gasteiger partial charge in [-0.25, -0.2) is 9.48 Å². The minimum Gasteiger partial charge on any atom is -0.383 e. The molecule has 0 spiro atoms. The van der Waals surface area contributed by atoms with E-state index in [1.165, 1.54) is 0 Å². The maximum atomic E-state index is 11.8. The molecular formula is C17H20N6O. The third kappa shape index (κ3) is 3.51. The van der Waals surface area contributed by atoms with Gasteiger partial charge in [-0.15, -0.1) is 5.10 Å². The first-order valence-electron chi connectivity index (χ1n) is 7.83. The number of anilines is 1. The van der Waals surface area contributed by atoms with Crippen molar-refractivity contribution in [2.24, 2.45) is 0 Å². The zero-order valence-corrected chi connectivity index (χ0v) is 13.8. The third-order valence-electron chi connectivity index (χ3n) is 3.76. The monoisotopic (exact) mass is 324 g/mol. The summed E-state index contributed by atoms with van der Waals surface area (Å²) in [5.41, 5.74) is 8.27. The molecular weight excluding hydrogens is 304 g/mol. The Morgan fingerprint density at radius 2 is 1.92 bits per heavy atom. The Hall–Kier alpha value is -2.96. The van der Waals surface area contributed by atoms with Crippen molar-refractivity contribution in [3.63, 3.8) is 0 Å². The van der Waals surface area contributed by atoms with Crippen LogP contribution in [0.4, 0.5) is 5.82 Å². The zero-order chi connectivity index (χ0) is 17.1. The molecule has 24 heavy (non-hydrogen) atoms. The van der Waals surface area contributed by atoms with Crippen LogP contribution in [0, 0.1) is 0 Å². The van der Waals surface area contributed by atoms with Crippen LogP contribution in [0.5, 0.6) is 0 Å². The van der Waals surface area contributed by atoms with Gasteiger partial charge >= 0.3 is 5.69 Å². The lowest BCUT2D eigenvalue weighted by atomic mass is 10.2. The first kappa shape index (κ1) is 15.9. The molecule has 1 aromatic carbocycles. The van der Waals surface area contributed by atoms with E-state index in [4.69, 9.17) is 5.73 Å². The van der Waals surface area contributed by atoms with E-state index < -0.39 is 0 Å². The van der Waals surface area contributed by atoms with E-state index in [9.17, 15) is 4.79 Å². The number of nitrogens with two attached hydrogens (primary N) is 1. The number of aromatic nitrogens is 5. The molecule has 0 aliphatic heterocycles. The molecule has 0 amide bonds. The SMILES string of the molecule is CC(C)n1cc(Cc2cn(Cc3ccccc3)nn2)c(N)nc1=O. The van der Waals surface area contributed by atoms with Crippen LogP contribution >= 0.6 is 0 Å². The maximum absolute atomic E-state index is 11.8. The first-order valence-corrected chi connectivity index (χ1v) is 7.83. The van der Waals surface area contributed by atoms with Gasteiger partial charge in [0.25, 0.3) is 0 Å². The van der Waals surface area contributed by atoms with Gasteiger partial charge in [-0.1, -0.05) is 35.5 Å². The summed E-state index contributed by atoms with van der Waals surface area (Å²) in [7, 11) is 0. The van der Waals surface area contributed by atoms with E-state index in [2.05, 4.69) is 15.3 Å². The number of hydrogen-bond donors (Lipinski definition) is 1. The smallest absolute Gasteiger partial charge is 0.349 e. The van der Waals surface area contributed by atoms with E-state index in [1.807, 2.05) is 50.4 Å². The summed E-state index contributed by atoms with van der Waals surface area (Å²) in [5.74, 6) is 0.245. The summed E-state index contributed by atoms with van der Waals surface area (Å²) in [5, 5.41) is 8.34. The molecule has 0 aliphatic carbocycles. The van der Waals surface area contributed by atoms with Crippen LogP contribution in [0.3, 0.4) is 0 Å². The second-order valence-electron chi connectivity index (χ2n) is 6.00. The second-order valence-corrected chi connectivity index (χ2v) is 6.00. The van der Waals surface area contributed by atoms with E-state index in [0.29, 0.717) is 13.0 Å². The van der Waals surface area contributed by atoms with Crippen molar-refractivity contribution in [2.75, 3.05) is 5.73 Å². The second kappa shape index (κ2) is 6.66. The first-order chi connectivity index (χ1) is 11.5. The van der Waals surface area contributed by atoms with Gasteiger partial charge in [0.2, 0.25) is 0 Å². The number of nitrogen functional groups attached to an aromatic ring is 1. The lowest BCUT2D eigenvalue weighted by Crippen LogP contribution is -2.26. The van der Waals surface area contributed by atoms with E-state index in [1.54, 1.807) is 15.4 Å². The summed E-state index contributed by atoms with van der Waals surface area (Å²) in [6.45, 7) is 4.52. The molecule has 3 aromatic rings. The molecule has 2 aromatic heterocycles. The summed E-state index contributed by atoms with van der Waals surface area (Å²) < 4.78 is 3.35. The van der Waals surface area contributed by atoms with Crippen molar-refractivity contribution in [1.29, 1.82) is 0 Å². The molecule has 0 radical (unpaired) electrons. The third-order valence-corrected chi connectivity index (χ3v) is 3.76. The summed E-state index contributed by atoms with van der Waals surface area (Å²) in [4.78, 5) is 15.7. The molecule has 0 atom stereocenters. The Morgan fingerprint density at radius 1 is 1.17 bits per heavy atom. The standard InChI is InChI=1S/C17H20N6O/c1-12(2)23-10-14(16(18)19-17(23)24)8-15-11-22(21-20-15)9-13-6-4-3-5-7-13/h3-7,10-12H,8-9H2,1-2H3,(H2,18,19,24). The van der Waals surface area contributed by atoms with Crippen molar-refractivity contribution in [2.45, 2.75) is 32.9 Å². The number of nitrogens with zero attached hydrogens (tertiary/aromatic N) is 5. The maximum Gasteiger partial charge on any atom is 0.349 e. The highest BCUT2D eigenvalue weighted by Gasteiger charge is 2.11. The normalized spacial score (nSPS) is 11.1. The predicted octanol–water partition coefficient (Wildman–Crippen LogP) is 1.64. The summed E-state index contributed by atoms with van der Waals surface area (Å²) in [6, 6.07) is 10.1. The summed E-state index contributed by atoms with van der Waals surface area (Å²) in [6.07, 6.45) is 4.13. The van der Waals surface area contributed by atoms with Crippen molar-refractivity contribution in [3.8, 4) is 0 Å². The highest BCUT2D eigenvalue weighted by molar-refractivity contribution is 5.39. The number of benzene rings is 1. The molecule has 124 valence electrons. The molecule has 2 heterocycles. The molecule has 2 N–H and O–H groups in total. The number of hydrogen-bond acceptors (Lipinski definition) is 5. The van der Waals surface area contributed by atoms with Gasteiger partial charge in [0.1, 0.15) is 5.82 Å². The predicted molar refractivity (Wildman–Crippen MR) is 91.7 cm³/mol. The molecule has 0 saturated carbocycles. The molecule has 0 aliphatic rings. The quantitative estimate of drug-likeness (QED) is 0.770. The Bertz CT molecular complexity index is 882. The van der Waals surface area contributed by atoms with Crippen LogP contribution in [0.1, 0.15) is 36.7 Å². The fourth-order valence-corrected chi connectivity index (χ4v) is 2.49. The molecule has 3 rings (SSSR count). The topological polar surface area (TPSA) is 91.6 Å². The van der Waals surface area contributed by atoms with Crippen LogP contribution in [0.15, 0.2) is 47.5 Å². The highest BCUT2D eigenvalue weighted by Crippen LogP contribution is 2.13. The zero-order valence-electron chi connectivity index (χ0n) is 13.8. The van der Waals surface area contributed by atoms with Gasteiger partial charge in [0.15, 0.2) is 0 Å². The van der Waals surface area contributed by atoms with Crippen molar-refractivity contribution < 1.29 is 0 Å². The minimum absolute atomic E-state index is 0.0260. The van der Waals surface area contributed by atoms with Crippen LogP contribution in [0.25, 0.3) is 0 Å². The van der Waals surface area contributed by atoms with Gasteiger partial charge in [0.05, 0.1) is 12.2 Å². The van der Waals surface area contributed by atoms with E-state index in [-0.39, 0.29) is 17.5 Å². The average molecular weight is 324 g/mol. The van der Waals surface area contributed by atoms with Gasteiger partial charge in [0, 0.05) is 30.4 Å². The van der Waals surface area contributed by atoms with E-state index in [0.717, 1.165) is 16.8 Å². The van der Waals surface area contributed by atoms with Gasteiger partial charge in [-0.3, -0.25) is 4.57 Å². The molecule has 7 nitrogen and oxygen atoms in total. The Morgan fingerprint density at radius 3 is 2.62 bits per heavy atom. The van der Waals surface area contributed by atoms with Crippen LogP contribution in [0.2, 0.25) is 0 Å².